The summed E-state index contributed by atoms with van der Waals surface area (Å²) in [4.78, 5) is 68.5. The number of fused-ring (bicyclic) bond motifs is 1. The first-order valence-corrected chi connectivity index (χ1v) is 14.9. The second-order valence-corrected chi connectivity index (χ2v) is 11.8. The first-order chi connectivity index (χ1) is 21.4. The topological polar surface area (TPSA) is 156 Å². The van der Waals surface area contributed by atoms with Crippen LogP contribution in [0.4, 0.5) is 4.39 Å². The third-order valence-corrected chi connectivity index (χ3v) is 7.85. The highest BCUT2D eigenvalue weighted by molar-refractivity contribution is 6.02. The Labute approximate surface area is 260 Å². The van der Waals surface area contributed by atoms with Crippen LogP contribution in [0.2, 0.25) is 0 Å². The van der Waals surface area contributed by atoms with Crippen LogP contribution in [-0.4, -0.2) is 66.8 Å². The number of methoxy groups -OCH3 is 1. The Bertz CT molecular complexity index is 1590. The fourth-order valence-electron chi connectivity index (χ4n) is 5.61. The molecule has 0 spiro atoms. The van der Waals surface area contributed by atoms with Crippen LogP contribution in [0.15, 0.2) is 36.4 Å². The minimum absolute atomic E-state index is 0.00163. The van der Waals surface area contributed by atoms with Gasteiger partial charge in [-0.3, -0.25) is 19.2 Å². The highest BCUT2D eigenvalue weighted by Gasteiger charge is 2.34. The number of hydrogen-bond donors (Lipinski definition) is 4. The number of carbonyl (C=O) groups excluding carboxylic acids is 5. The van der Waals surface area contributed by atoms with Gasteiger partial charge >= 0.3 is 5.97 Å². The lowest BCUT2D eigenvalue weighted by atomic mass is 9.95. The van der Waals surface area contributed by atoms with Gasteiger partial charge in [0.1, 0.15) is 23.3 Å². The van der Waals surface area contributed by atoms with E-state index < -0.39 is 54.0 Å². The molecule has 4 rings (SSSR count). The van der Waals surface area contributed by atoms with Crippen molar-refractivity contribution in [2.45, 2.75) is 59.0 Å². The largest absolute Gasteiger partial charge is 0.496 e. The Balaban J connectivity index is 1.50. The van der Waals surface area contributed by atoms with E-state index in [1.54, 1.807) is 38.1 Å². The molecule has 12 heteroatoms. The molecule has 1 aromatic heterocycles. The van der Waals surface area contributed by atoms with E-state index in [9.17, 15) is 28.4 Å². The van der Waals surface area contributed by atoms with E-state index in [0.29, 0.717) is 40.7 Å². The molecule has 11 nitrogen and oxygen atoms in total. The zero-order chi connectivity index (χ0) is 32.8. The predicted octanol–water partition coefficient (Wildman–Crippen LogP) is 3.51. The average molecular weight is 623 g/mol. The number of carbonyl (C=O) groups is 5. The number of aromatic nitrogens is 1. The number of ether oxygens (including phenoxy) is 2. The van der Waals surface area contributed by atoms with Crippen LogP contribution in [0.25, 0.3) is 10.9 Å². The van der Waals surface area contributed by atoms with Gasteiger partial charge in [0.25, 0.3) is 5.91 Å². The van der Waals surface area contributed by atoms with Crippen LogP contribution in [0, 0.1) is 31.5 Å². The van der Waals surface area contributed by atoms with E-state index in [1.165, 1.54) is 19.2 Å². The summed E-state index contributed by atoms with van der Waals surface area (Å²) in [7, 11) is 1.53. The second kappa shape index (κ2) is 14.4. The minimum atomic E-state index is -1.17. The molecular formula is C33H39FN4O7. The van der Waals surface area contributed by atoms with Gasteiger partial charge in [-0.25, -0.2) is 9.18 Å². The molecule has 0 aliphatic carbocycles. The summed E-state index contributed by atoms with van der Waals surface area (Å²) in [5.41, 5.74) is 1.78. The maximum absolute atomic E-state index is 13.7. The van der Waals surface area contributed by atoms with E-state index in [0.717, 1.165) is 0 Å². The van der Waals surface area contributed by atoms with Gasteiger partial charge in [0, 0.05) is 23.4 Å². The summed E-state index contributed by atoms with van der Waals surface area (Å²) in [6.45, 7) is 6.68. The number of ketones is 1. The van der Waals surface area contributed by atoms with Crippen molar-refractivity contribution in [2.24, 2.45) is 11.8 Å². The fraction of sp³-hybridized carbons (Fsp3) is 0.424. The van der Waals surface area contributed by atoms with Crippen molar-refractivity contribution in [2.75, 3.05) is 20.3 Å². The molecule has 45 heavy (non-hydrogen) atoms. The number of aryl methyl sites for hydroxylation is 2. The van der Waals surface area contributed by atoms with Crippen molar-refractivity contribution >= 4 is 40.4 Å². The maximum atomic E-state index is 13.7. The first-order valence-electron chi connectivity index (χ1n) is 14.9. The third kappa shape index (κ3) is 8.05. The molecule has 0 saturated carbocycles. The molecule has 0 unspecified atom stereocenters. The normalized spacial score (nSPS) is 15.8. The van der Waals surface area contributed by atoms with Crippen molar-refractivity contribution in [3.8, 4) is 5.75 Å². The summed E-state index contributed by atoms with van der Waals surface area (Å²) in [6, 6.07) is 7.21. The molecule has 2 aromatic carbocycles. The molecule has 3 aromatic rings. The van der Waals surface area contributed by atoms with Crippen molar-refractivity contribution < 1.29 is 37.8 Å². The van der Waals surface area contributed by atoms with E-state index in [2.05, 4.69) is 20.9 Å². The highest BCUT2D eigenvalue weighted by atomic mass is 19.1. The number of Topliss-reactive ketones (excluding diaryl/α,β-unsaturated/α-hetero) is 1. The molecule has 3 amide bonds. The van der Waals surface area contributed by atoms with Crippen LogP contribution in [0.3, 0.4) is 0 Å². The SMILES string of the molecule is COc1cccc2[nH]c(C(=O)N[C@@H](CC(C)C)C(=O)N[C@@H](C[C@@H]3CCNC3=O)C(=O)COC(=O)c3c(C)cc(F)cc3C)cc12. The second-order valence-electron chi connectivity index (χ2n) is 11.8. The summed E-state index contributed by atoms with van der Waals surface area (Å²) in [5.74, 6) is -3.24. The smallest absolute Gasteiger partial charge is 0.339 e. The van der Waals surface area contributed by atoms with Crippen LogP contribution in [0.1, 0.15) is 65.1 Å². The van der Waals surface area contributed by atoms with Gasteiger partial charge in [0.15, 0.2) is 12.4 Å². The lowest BCUT2D eigenvalue weighted by Crippen LogP contribution is -2.53. The van der Waals surface area contributed by atoms with Crippen molar-refractivity contribution in [3.05, 3.63) is 64.6 Å². The van der Waals surface area contributed by atoms with Crippen LogP contribution >= 0.6 is 0 Å². The van der Waals surface area contributed by atoms with Crippen molar-refractivity contribution in [1.29, 1.82) is 0 Å². The predicted molar refractivity (Wildman–Crippen MR) is 164 cm³/mol. The Morgan fingerprint density at radius 1 is 1.04 bits per heavy atom. The summed E-state index contributed by atoms with van der Waals surface area (Å²) < 4.78 is 24.4. The fourth-order valence-corrected chi connectivity index (χ4v) is 5.61. The molecular weight excluding hydrogens is 583 g/mol. The number of aromatic amines is 1. The third-order valence-electron chi connectivity index (χ3n) is 7.85. The van der Waals surface area contributed by atoms with Gasteiger partial charge in [0.2, 0.25) is 11.8 Å². The average Bonchev–Trinajstić information content (AvgIpc) is 3.60. The molecule has 3 atom stereocenters. The van der Waals surface area contributed by atoms with Crippen LogP contribution in [0.5, 0.6) is 5.75 Å². The van der Waals surface area contributed by atoms with Gasteiger partial charge in [-0.15, -0.1) is 0 Å². The Hall–Kier alpha value is -4.74. The van der Waals surface area contributed by atoms with Crippen molar-refractivity contribution in [1.82, 2.24) is 20.9 Å². The quantitative estimate of drug-likeness (QED) is 0.213. The van der Waals surface area contributed by atoms with Gasteiger partial charge in [-0.1, -0.05) is 19.9 Å². The number of esters is 1. The van der Waals surface area contributed by atoms with Crippen LogP contribution < -0.4 is 20.7 Å². The van der Waals surface area contributed by atoms with E-state index >= 15 is 0 Å². The van der Waals surface area contributed by atoms with Crippen molar-refractivity contribution in [3.63, 3.8) is 0 Å². The summed E-state index contributed by atoms with van der Waals surface area (Å²) in [5, 5.41) is 8.90. The molecule has 1 fully saturated rings. The summed E-state index contributed by atoms with van der Waals surface area (Å²) in [6.07, 6.45) is 0.735. The monoisotopic (exact) mass is 622 g/mol. The molecule has 1 saturated heterocycles. The zero-order valence-electron chi connectivity index (χ0n) is 26.0. The Morgan fingerprint density at radius 2 is 1.76 bits per heavy atom. The molecule has 240 valence electrons. The van der Waals surface area contributed by atoms with Gasteiger partial charge in [0.05, 0.1) is 18.7 Å². The molecule has 0 bridgehead atoms. The molecule has 2 heterocycles. The molecule has 4 N–H and O–H groups in total. The number of halogens is 1. The van der Waals surface area contributed by atoms with Gasteiger partial charge in [-0.2, -0.15) is 0 Å². The number of benzene rings is 2. The first kappa shape index (κ1) is 33.2. The van der Waals surface area contributed by atoms with E-state index in [4.69, 9.17) is 9.47 Å². The Morgan fingerprint density at radius 3 is 2.38 bits per heavy atom. The molecule has 1 aliphatic heterocycles. The van der Waals surface area contributed by atoms with E-state index in [1.807, 2.05) is 13.8 Å². The lowest BCUT2D eigenvalue weighted by Gasteiger charge is -2.25. The van der Waals surface area contributed by atoms with Gasteiger partial charge in [-0.05, 0) is 80.5 Å². The molecule has 1 aliphatic rings. The molecule has 0 radical (unpaired) electrons. The standard InChI is InChI=1S/C33H39FN4O7/c1-17(2)11-25(38-32(42)26-15-22-23(36-26)7-6-8-28(22)44-5)31(41)37-24(14-20-9-10-35-30(20)40)27(39)16-45-33(43)29-18(3)12-21(34)13-19(29)4/h6-8,12-13,15,17,20,24-25,36H,9-11,14,16H2,1-5H3,(H,35,40)(H,37,41)(H,38,42)/t20-,24-,25-/m0/s1. The van der Waals surface area contributed by atoms with E-state index in [-0.39, 0.29) is 35.9 Å². The Kier molecular flexibility index (Phi) is 10.6. The number of H-pyrrole nitrogens is 1. The maximum Gasteiger partial charge on any atom is 0.339 e. The van der Waals surface area contributed by atoms with Crippen LogP contribution in [-0.2, 0) is 19.1 Å². The van der Waals surface area contributed by atoms with Gasteiger partial charge < -0.3 is 30.4 Å². The highest BCUT2D eigenvalue weighted by Crippen LogP contribution is 2.26. The lowest BCUT2D eigenvalue weighted by molar-refractivity contribution is -0.131. The number of nitrogens with one attached hydrogen (secondary N) is 4. The minimum Gasteiger partial charge on any atom is -0.496 e. The number of hydrogen-bond acceptors (Lipinski definition) is 7. The number of amides is 3. The summed E-state index contributed by atoms with van der Waals surface area (Å²) >= 11 is 0. The number of rotatable bonds is 13. The zero-order valence-corrected chi connectivity index (χ0v) is 26.0.